The molecule has 2 heterocycles. The molecule has 160 valence electrons. The number of anilines is 1. The van der Waals surface area contributed by atoms with E-state index in [1.807, 2.05) is 0 Å². The Labute approximate surface area is 178 Å². The van der Waals surface area contributed by atoms with Gasteiger partial charge in [0, 0.05) is 30.8 Å². The van der Waals surface area contributed by atoms with Crippen molar-refractivity contribution in [3.8, 4) is 16.9 Å². The summed E-state index contributed by atoms with van der Waals surface area (Å²) in [7, 11) is 0. The number of nitrogens with zero attached hydrogens (tertiary/aromatic N) is 3. The van der Waals surface area contributed by atoms with Gasteiger partial charge in [-0.1, -0.05) is 12.1 Å². The van der Waals surface area contributed by atoms with Crippen molar-refractivity contribution in [1.82, 2.24) is 14.9 Å². The number of ether oxygens (including phenoxy) is 1. The molecule has 4 rings (SSSR count). The number of hydrogen-bond acceptors (Lipinski definition) is 5. The molecule has 8 heteroatoms. The molecule has 1 aromatic heterocycles. The quantitative estimate of drug-likeness (QED) is 0.674. The zero-order chi connectivity index (χ0) is 21.8. The van der Waals surface area contributed by atoms with Gasteiger partial charge >= 0.3 is 0 Å². The topological polar surface area (TPSA) is 81.3 Å². The number of halogens is 2. The smallest absolute Gasteiger partial charge is 0.260 e. The highest BCUT2D eigenvalue weighted by atomic mass is 19.1. The van der Waals surface area contributed by atoms with Gasteiger partial charge in [-0.3, -0.25) is 4.79 Å². The number of carbonyl (C=O) groups is 1. The average Bonchev–Trinajstić information content (AvgIpc) is 2.78. The molecule has 1 atom stereocenters. The van der Waals surface area contributed by atoms with Crippen LogP contribution in [0.3, 0.4) is 0 Å². The van der Waals surface area contributed by atoms with Crippen LogP contribution in [0, 0.1) is 11.6 Å². The fourth-order valence-electron chi connectivity index (χ4n) is 3.79. The Hall–Kier alpha value is -3.55. The summed E-state index contributed by atoms with van der Waals surface area (Å²) in [5.74, 6) is -0.372. The third kappa shape index (κ3) is 4.96. The van der Waals surface area contributed by atoms with E-state index in [0.717, 1.165) is 12.8 Å². The van der Waals surface area contributed by atoms with E-state index < -0.39 is 0 Å². The van der Waals surface area contributed by atoms with E-state index in [4.69, 9.17) is 10.5 Å². The number of carbonyl (C=O) groups excluding carboxylic acids is 1. The SMILES string of the molecule is Nc1ncc(-c2cccc(F)c2)c(C2CCCN(C(=O)COc3ccc(F)cc3)C2)n1. The van der Waals surface area contributed by atoms with Gasteiger partial charge in [0.1, 0.15) is 17.4 Å². The Morgan fingerprint density at radius 2 is 1.97 bits per heavy atom. The number of rotatable bonds is 5. The van der Waals surface area contributed by atoms with Crippen LogP contribution in [0.15, 0.2) is 54.7 Å². The molecule has 31 heavy (non-hydrogen) atoms. The Kier molecular flexibility index (Phi) is 6.06. The molecule has 0 saturated carbocycles. The van der Waals surface area contributed by atoms with Crippen LogP contribution in [-0.2, 0) is 4.79 Å². The maximum Gasteiger partial charge on any atom is 0.260 e. The number of piperidine rings is 1. The lowest BCUT2D eigenvalue weighted by Crippen LogP contribution is -2.41. The van der Waals surface area contributed by atoms with Crippen molar-refractivity contribution in [2.45, 2.75) is 18.8 Å². The molecule has 0 radical (unpaired) electrons. The summed E-state index contributed by atoms with van der Waals surface area (Å²) in [5.41, 5.74) is 7.91. The highest BCUT2D eigenvalue weighted by Crippen LogP contribution is 2.33. The van der Waals surface area contributed by atoms with Crippen LogP contribution in [0.4, 0.5) is 14.7 Å². The fraction of sp³-hybridized carbons (Fsp3) is 0.261. The number of aromatic nitrogens is 2. The number of amides is 1. The molecule has 0 aliphatic carbocycles. The van der Waals surface area contributed by atoms with Gasteiger partial charge in [0.15, 0.2) is 6.61 Å². The maximum atomic E-state index is 13.8. The third-order valence-electron chi connectivity index (χ3n) is 5.31. The summed E-state index contributed by atoms with van der Waals surface area (Å²) >= 11 is 0. The van der Waals surface area contributed by atoms with E-state index in [0.29, 0.717) is 35.7 Å². The molecule has 1 amide bonds. The first-order valence-electron chi connectivity index (χ1n) is 10.0. The van der Waals surface area contributed by atoms with Crippen LogP contribution in [0.2, 0.25) is 0 Å². The molecule has 0 spiro atoms. The van der Waals surface area contributed by atoms with Crippen LogP contribution in [0.5, 0.6) is 5.75 Å². The molecule has 6 nitrogen and oxygen atoms in total. The number of nitrogens with two attached hydrogens (primary N) is 1. The van der Waals surface area contributed by atoms with Crippen molar-refractivity contribution in [2.75, 3.05) is 25.4 Å². The second-order valence-electron chi connectivity index (χ2n) is 7.46. The minimum absolute atomic E-state index is 0.0629. The van der Waals surface area contributed by atoms with Crippen molar-refractivity contribution in [3.63, 3.8) is 0 Å². The Morgan fingerprint density at radius 3 is 2.74 bits per heavy atom. The van der Waals surface area contributed by atoms with Gasteiger partial charge in [0.05, 0.1) is 5.69 Å². The summed E-state index contributed by atoms with van der Waals surface area (Å²) in [6.45, 7) is 0.920. The lowest BCUT2D eigenvalue weighted by atomic mass is 9.90. The number of likely N-dealkylation sites (tertiary alicyclic amines) is 1. The standard InChI is InChI=1S/C23H22F2N4O2/c24-17-6-8-19(9-7-17)31-14-21(30)29-10-2-4-16(13-29)22-20(12-27-23(26)28-22)15-3-1-5-18(25)11-15/h1,3,5-9,11-12,16H,2,4,10,13-14H2,(H2,26,27,28). The third-order valence-corrected chi connectivity index (χ3v) is 5.31. The molecule has 1 unspecified atom stereocenters. The highest BCUT2D eigenvalue weighted by Gasteiger charge is 2.28. The monoisotopic (exact) mass is 424 g/mol. The summed E-state index contributed by atoms with van der Waals surface area (Å²) in [6, 6.07) is 11.8. The molecular weight excluding hydrogens is 402 g/mol. The average molecular weight is 424 g/mol. The van der Waals surface area contributed by atoms with Gasteiger partial charge in [0.25, 0.3) is 5.91 Å². The van der Waals surface area contributed by atoms with Gasteiger partial charge in [0.2, 0.25) is 5.95 Å². The van der Waals surface area contributed by atoms with E-state index in [-0.39, 0.29) is 36.0 Å². The highest BCUT2D eigenvalue weighted by molar-refractivity contribution is 5.78. The minimum atomic E-state index is -0.365. The van der Waals surface area contributed by atoms with Crippen molar-refractivity contribution >= 4 is 11.9 Å². The first kappa shape index (κ1) is 20.7. The first-order valence-corrected chi connectivity index (χ1v) is 10.0. The molecule has 1 fully saturated rings. The normalized spacial score (nSPS) is 16.2. The van der Waals surface area contributed by atoms with Gasteiger partial charge in [-0.25, -0.2) is 18.7 Å². The second kappa shape index (κ2) is 9.07. The molecule has 2 aromatic carbocycles. The maximum absolute atomic E-state index is 13.8. The van der Waals surface area contributed by atoms with Crippen molar-refractivity contribution in [2.24, 2.45) is 0 Å². The number of hydrogen-bond donors (Lipinski definition) is 1. The van der Waals surface area contributed by atoms with Gasteiger partial charge in [-0.15, -0.1) is 0 Å². The van der Waals surface area contributed by atoms with Gasteiger partial charge in [-0.05, 0) is 54.8 Å². The van der Waals surface area contributed by atoms with Crippen LogP contribution >= 0.6 is 0 Å². The molecule has 2 N–H and O–H groups in total. The van der Waals surface area contributed by atoms with Crippen molar-refractivity contribution in [3.05, 3.63) is 72.1 Å². The van der Waals surface area contributed by atoms with E-state index in [1.165, 1.54) is 36.4 Å². The summed E-state index contributed by atoms with van der Waals surface area (Å²) in [5, 5.41) is 0. The Bertz CT molecular complexity index is 1080. The van der Waals surface area contributed by atoms with Crippen molar-refractivity contribution < 1.29 is 18.3 Å². The van der Waals surface area contributed by atoms with Crippen LogP contribution < -0.4 is 10.5 Å². The van der Waals surface area contributed by atoms with E-state index in [9.17, 15) is 13.6 Å². The Balaban J connectivity index is 1.50. The summed E-state index contributed by atoms with van der Waals surface area (Å²) in [6.07, 6.45) is 3.21. The lowest BCUT2D eigenvalue weighted by molar-refractivity contribution is -0.134. The summed E-state index contributed by atoms with van der Waals surface area (Å²) in [4.78, 5) is 22.9. The molecule has 0 bridgehead atoms. The molecular formula is C23H22F2N4O2. The van der Waals surface area contributed by atoms with Gasteiger partial charge in [-0.2, -0.15) is 0 Å². The van der Waals surface area contributed by atoms with Gasteiger partial charge < -0.3 is 15.4 Å². The molecule has 1 saturated heterocycles. The second-order valence-corrected chi connectivity index (χ2v) is 7.46. The van der Waals surface area contributed by atoms with Crippen LogP contribution in [-0.4, -0.2) is 40.5 Å². The molecule has 1 aliphatic rings. The Morgan fingerprint density at radius 1 is 1.16 bits per heavy atom. The summed E-state index contributed by atoms with van der Waals surface area (Å²) < 4.78 is 32.3. The lowest BCUT2D eigenvalue weighted by Gasteiger charge is -2.33. The zero-order valence-corrected chi connectivity index (χ0v) is 16.8. The van der Waals surface area contributed by atoms with E-state index >= 15 is 0 Å². The number of benzene rings is 2. The molecule has 1 aliphatic heterocycles. The first-order chi connectivity index (χ1) is 15.0. The van der Waals surface area contributed by atoms with Crippen LogP contribution in [0.25, 0.3) is 11.1 Å². The van der Waals surface area contributed by atoms with Crippen LogP contribution in [0.1, 0.15) is 24.5 Å². The number of nitrogen functional groups attached to an aromatic ring is 1. The van der Waals surface area contributed by atoms with E-state index in [1.54, 1.807) is 23.2 Å². The minimum Gasteiger partial charge on any atom is -0.484 e. The molecule has 3 aromatic rings. The fourth-order valence-corrected chi connectivity index (χ4v) is 3.79. The van der Waals surface area contributed by atoms with E-state index in [2.05, 4.69) is 9.97 Å². The largest absolute Gasteiger partial charge is 0.484 e. The zero-order valence-electron chi connectivity index (χ0n) is 16.8. The van der Waals surface area contributed by atoms with Crippen molar-refractivity contribution in [1.29, 1.82) is 0 Å². The predicted molar refractivity (Wildman–Crippen MR) is 112 cm³/mol. The predicted octanol–water partition coefficient (Wildman–Crippen LogP) is 3.79.